The average molecular weight is 641 g/mol. The molecular formula is C45H42N3O+. The van der Waals surface area contributed by atoms with Gasteiger partial charge >= 0.3 is 0 Å². The van der Waals surface area contributed by atoms with Crippen molar-refractivity contribution in [2.24, 2.45) is 21.8 Å². The molecule has 5 aliphatic carbocycles. The average Bonchev–Trinajstić information content (AvgIpc) is 3.56. The van der Waals surface area contributed by atoms with Crippen LogP contribution in [-0.2, 0) is 4.74 Å². The second-order valence-electron chi connectivity index (χ2n) is 14.6. The number of quaternary nitrogens is 1. The lowest BCUT2D eigenvalue weighted by molar-refractivity contribution is -0.586. The normalized spacial score (nSPS) is 27.4. The molecule has 0 aromatic heterocycles. The van der Waals surface area contributed by atoms with Crippen molar-refractivity contribution in [3.63, 3.8) is 0 Å². The van der Waals surface area contributed by atoms with Gasteiger partial charge in [-0.1, -0.05) is 108 Å². The van der Waals surface area contributed by atoms with Crippen LogP contribution >= 0.6 is 0 Å². The minimum atomic E-state index is -0.0898. The lowest BCUT2D eigenvalue weighted by Gasteiger charge is -2.38. The fourth-order valence-corrected chi connectivity index (χ4v) is 9.32. The Morgan fingerprint density at radius 2 is 1.65 bits per heavy atom. The number of hydrogen-bond acceptors (Lipinski definition) is 3. The van der Waals surface area contributed by atoms with Gasteiger partial charge < -0.3 is 4.74 Å². The lowest BCUT2D eigenvalue weighted by atomic mass is 9.67. The molecule has 3 aromatic carbocycles. The van der Waals surface area contributed by atoms with E-state index >= 15 is 0 Å². The minimum Gasteiger partial charge on any atom is -0.493 e. The molecule has 2 heterocycles. The number of ether oxygens (including phenoxy) is 1. The van der Waals surface area contributed by atoms with Crippen molar-refractivity contribution in [3.05, 3.63) is 165 Å². The van der Waals surface area contributed by atoms with Crippen LogP contribution in [0.2, 0.25) is 0 Å². The Labute approximate surface area is 288 Å². The number of nitrogens with two attached hydrogens (primary N) is 1. The van der Waals surface area contributed by atoms with Gasteiger partial charge in [0.05, 0.1) is 5.56 Å². The van der Waals surface area contributed by atoms with E-state index in [0.29, 0.717) is 17.9 Å². The van der Waals surface area contributed by atoms with E-state index < -0.39 is 0 Å². The van der Waals surface area contributed by atoms with Crippen LogP contribution in [0, 0.1) is 11.8 Å². The third-order valence-corrected chi connectivity index (χ3v) is 11.8. The molecule has 4 unspecified atom stereocenters. The fourth-order valence-electron chi connectivity index (χ4n) is 9.32. The van der Waals surface area contributed by atoms with Crippen LogP contribution in [0.5, 0.6) is 0 Å². The molecule has 4 atom stereocenters. The Morgan fingerprint density at radius 3 is 2.55 bits per heavy atom. The molecule has 0 saturated heterocycles. The van der Waals surface area contributed by atoms with Gasteiger partial charge in [0.2, 0.25) is 12.0 Å². The first kappa shape index (κ1) is 29.1. The Balaban J connectivity index is 0.947. The van der Waals surface area contributed by atoms with E-state index in [0.717, 1.165) is 48.5 Å². The van der Waals surface area contributed by atoms with E-state index in [1.54, 1.807) is 27.9 Å². The second kappa shape index (κ2) is 12.0. The van der Waals surface area contributed by atoms with Crippen LogP contribution in [0.3, 0.4) is 0 Å². The zero-order valence-electron chi connectivity index (χ0n) is 27.9. The van der Waals surface area contributed by atoms with Gasteiger partial charge in [0.1, 0.15) is 11.9 Å². The third-order valence-electron chi connectivity index (χ3n) is 11.8. The molecule has 0 amide bonds. The third kappa shape index (κ3) is 5.16. The van der Waals surface area contributed by atoms with Gasteiger partial charge in [-0.25, -0.2) is 4.99 Å². The summed E-state index contributed by atoms with van der Waals surface area (Å²) in [5.74, 6) is 3.94. The zero-order valence-corrected chi connectivity index (χ0v) is 27.9. The molecule has 4 heteroatoms. The fraction of sp³-hybridized carbons (Fsp3) is 0.289. The number of hydrogen-bond donors (Lipinski definition) is 1. The number of allylic oxidation sites excluding steroid dienone is 10. The van der Waals surface area contributed by atoms with Gasteiger partial charge in [0.15, 0.2) is 5.84 Å². The maximum atomic E-state index is 6.61. The number of aliphatic imine (C=N–C) groups is 2. The smallest absolute Gasteiger partial charge is 0.235 e. The molecule has 7 aliphatic rings. The van der Waals surface area contributed by atoms with Crippen molar-refractivity contribution in [1.82, 2.24) is 0 Å². The molecular weight excluding hydrogens is 599 g/mol. The summed E-state index contributed by atoms with van der Waals surface area (Å²) < 4.78 is 6.61. The molecule has 0 bridgehead atoms. The monoisotopic (exact) mass is 640 g/mol. The second-order valence-corrected chi connectivity index (χ2v) is 14.6. The van der Waals surface area contributed by atoms with E-state index in [2.05, 4.69) is 115 Å². The SMILES string of the molecule is C1=CC2=C(CC1)OC1CCC3=C(C4=C(CCC(C5C=CC(C6=NC(c7ccc8ccccc8c7)[NH2+]C(c7ccccc7)=N6)=CC5)=C4)CC3)C21. The summed E-state index contributed by atoms with van der Waals surface area (Å²) in [6.45, 7) is 0. The molecule has 49 heavy (non-hydrogen) atoms. The van der Waals surface area contributed by atoms with Gasteiger partial charge in [-0.2, -0.15) is 4.99 Å². The number of nitrogens with zero attached hydrogens (tertiary/aromatic N) is 2. The zero-order chi connectivity index (χ0) is 32.3. The van der Waals surface area contributed by atoms with Crippen LogP contribution in [0.25, 0.3) is 10.8 Å². The molecule has 2 N–H and O–H groups in total. The van der Waals surface area contributed by atoms with Gasteiger partial charge in [-0.05, 0) is 91.5 Å². The highest BCUT2D eigenvalue weighted by molar-refractivity contribution is 6.10. The summed E-state index contributed by atoms with van der Waals surface area (Å²) >= 11 is 0. The highest BCUT2D eigenvalue weighted by Gasteiger charge is 2.44. The Hall–Kier alpha value is -4.80. The molecule has 2 aliphatic heterocycles. The largest absolute Gasteiger partial charge is 0.493 e. The lowest BCUT2D eigenvalue weighted by Crippen LogP contribution is -2.90. The molecule has 0 saturated carbocycles. The quantitative estimate of drug-likeness (QED) is 0.304. The predicted molar refractivity (Wildman–Crippen MR) is 198 cm³/mol. The highest BCUT2D eigenvalue weighted by atomic mass is 16.5. The first-order valence-electron chi connectivity index (χ1n) is 18.4. The molecule has 10 rings (SSSR count). The summed E-state index contributed by atoms with van der Waals surface area (Å²) in [6, 6.07) is 25.8. The first-order chi connectivity index (χ1) is 24.2. The van der Waals surface area contributed by atoms with E-state index in [-0.39, 0.29) is 6.17 Å². The first-order valence-corrected chi connectivity index (χ1v) is 18.4. The van der Waals surface area contributed by atoms with Crippen LogP contribution in [0.1, 0.15) is 75.1 Å². The number of rotatable bonds is 4. The topological polar surface area (TPSA) is 50.6 Å². The van der Waals surface area contributed by atoms with E-state index in [1.165, 1.54) is 59.8 Å². The molecule has 242 valence electrons. The molecule has 0 fully saturated rings. The van der Waals surface area contributed by atoms with Gasteiger partial charge in [0, 0.05) is 35.0 Å². The Bertz CT molecular complexity index is 2170. The number of benzene rings is 3. The minimum absolute atomic E-state index is 0.0898. The summed E-state index contributed by atoms with van der Waals surface area (Å²) in [6.07, 6.45) is 25.1. The summed E-state index contributed by atoms with van der Waals surface area (Å²) in [5.41, 5.74) is 13.1. The van der Waals surface area contributed by atoms with E-state index in [4.69, 9.17) is 14.7 Å². The number of fused-ring (bicyclic) bond motifs is 5. The summed E-state index contributed by atoms with van der Waals surface area (Å²) in [7, 11) is 0. The Kier molecular flexibility index (Phi) is 7.11. The van der Waals surface area contributed by atoms with Crippen molar-refractivity contribution >= 4 is 22.4 Å². The van der Waals surface area contributed by atoms with E-state index in [9.17, 15) is 0 Å². The Morgan fingerprint density at radius 1 is 0.796 bits per heavy atom. The molecule has 0 spiro atoms. The maximum Gasteiger partial charge on any atom is 0.235 e. The number of amidine groups is 2. The van der Waals surface area contributed by atoms with Crippen molar-refractivity contribution in [1.29, 1.82) is 0 Å². The van der Waals surface area contributed by atoms with Gasteiger partial charge in [-0.15, -0.1) is 0 Å². The van der Waals surface area contributed by atoms with Crippen molar-refractivity contribution < 1.29 is 10.1 Å². The van der Waals surface area contributed by atoms with Crippen LogP contribution in [-0.4, -0.2) is 17.8 Å². The van der Waals surface area contributed by atoms with Gasteiger partial charge in [-0.3, -0.25) is 5.32 Å². The van der Waals surface area contributed by atoms with Gasteiger partial charge in [0.25, 0.3) is 0 Å². The van der Waals surface area contributed by atoms with Crippen molar-refractivity contribution in [3.8, 4) is 0 Å². The maximum absolute atomic E-state index is 6.61. The molecule has 3 aromatic rings. The summed E-state index contributed by atoms with van der Waals surface area (Å²) in [5, 5.41) is 4.71. The van der Waals surface area contributed by atoms with Crippen molar-refractivity contribution in [2.75, 3.05) is 0 Å². The van der Waals surface area contributed by atoms with E-state index in [1.807, 2.05) is 0 Å². The van der Waals surface area contributed by atoms with Crippen LogP contribution in [0.4, 0.5) is 0 Å². The standard InChI is InChI=1S/C45H41N3O/c1-2-9-32(10-3-1)43-46-44(48-45(47-43)36-23-16-28-8-4-5-11-34(28)26-36)33-20-14-29(15-21-33)35-22-18-30-17-19-31-24-25-40-42(41(31)38(30)27-35)37-12-6-7-13-39(37)49-40/h1-6,8-12,14,16,20-21,23,26-27,29,40,42,45H,7,13,15,17-19,22,24-25H2,(H,46,47,48)/p+1. The van der Waals surface area contributed by atoms with Crippen LogP contribution < -0.4 is 5.32 Å². The molecule has 4 nitrogen and oxygen atoms in total. The van der Waals surface area contributed by atoms with Crippen LogP contribution in [0.15, 0.2) is 164 Å². The predicted octanol–water partition coefficient (Wildman–Crippen LogP) is 9.28. The highest BCUT2D eigenvalue weighted by Crippen LogP contribution is 2.53. The molecule has 0 radical (unpaired) electrons. The summed E-state index contributed by atoms with van der Waals surface area (Å²) in [4.78, 5) is 10.4. The van der Waals surface area contributed by atoms with Crippen molar-refractivity contribution in [2.45, 2.75) is 70.1 Å².